The molecule has 2 nitrogen and oxygen atoms in total. The van der Waals surface area contributed by atoms with Crippen molar-refractivity contribution in [3.05, 3.63) is 29.2 Å². The zero-order valence-corrected chi connectivity index (χ0v) is 22.4. The highest BCUT2D eigenvalue weighted by molar-refractivity contribution is 5.79. The minimum atomic E-state index is 0.0474. The van der Waals surface area contributed by atoms with Gasteiger partial charge in [0.15, 0.2) is 11.5 Å². The lowest BCUT2D eigenvalue weighted by Gasteiger charge is -2.24. The molecule has 2 rings (SSSR count). The zero-order valence-electron chi connectivity index (χ0n) is 22.4. The molecule has 0 N–H and O–H groups in total. The van der Waals surface area contributed by atoms with Gasteiger partial charge < -0.3 is 4.42 Å². The molecule has 182 valence electrons. The van der Waals surface area contributed by atoms with Crippen LogP contribution in [0.1, 0.15) is 149 Å². The van der Waals surface area contributed by atoms with E-state index in [1.54, 1.807) is 0 Å². The molecule has 0 radical (unpaired) electrons. The van der Waals surface area contributed by atoms with Gasteiger partial charge >= 0.3 is 0 Å². The van der Waals surface area contributed by atoms with Gasteiger partial charge in [-0.3, -0.25) is 0 Å². The molecule has 0 bridgehead atoms. The van der Waals surface area contributed by atoms with Crippen molar-refractivity contribution in [2.24, 2.45) is 0 Å². The van der Waals surface area contributed by atoms with E-state index in [-0.39, 0.29) is 10.8 Å². The summed E-state index contributed by atoms with van der Waals surface area (Å²) in [5, 5.41) is 0. The summed E-state index contributed by atoms with van der Waals surface area (Å²) in [4.78, 5) is 4.89. The summed E-state index contributed by atoms with van der Waals surface area (Å²) in [5.74, 6) is 0.916. The predicted molar refractivity (Wildman–Crippen MR) is 141 cm³/mol. The first-order chi connectivity index (χ1) is 15.1. The first-order valence-electron chi connectivity index (χ1n) is 13.6. The number of fused-ring (bicyclic) bond motifs is 1. The molecule has 0 spiro atoms. The standard InChI is InChI=1S/C30H51NO/c1-8-9-10-11-12-13-14-15-16-17-18-19-20-21-27-31-26-23-24(29(2,3)4)22-25(28(26)32-27)30(5,6)7/h22-23H,8-21H2,1-7H3. The molecule has 0 fully saturated rings. The summed E-state index contributed by atoms with van der Waals surface area (Å²) in [6.45, 7) is 15.9. The largest absolute Gasteiger partial charge is 0.440 e. The van der Waals surface area contributed by atoms with Crippen molar-refractivity contribution >= 4 is 11.1 Å². The topological polar surface area (TPSA) is 26.0 Å². The van der Waals surface area contributed by atoms with Gasteiger partial charge in [-0.25, -0.2) is 4.98 Å². The lowest BCUT2D eigenvalue weighted by atomic mass is 9.80. The molecule has 0 amide bonds. The van der Waals surface area contributed by atoms with Crippen LogP contribution in [0.4, 0.5) is 0 Å². The molecule has 0 saturated carbocycles. The normalized spacial score (nSPS) is 12.7. The van der Waals surface area contributed by atoms with E-state index < -0.39 is 0 Å². The molecule has 2 aromatic rings. The monoisotopic (exact) mass is 441 g/mol. The number of hydrogen-bond acceptors (Lipinski definition) is 2. The number of unbranched alkanes of at least 4 members (excludes halogenated alkanes) is 12. The third-order valence-electron chi connectivity index (χ3n) is 6.70. The van der Waals surface area contributed by atoms with Gasteiger partial charge in [-0.2, -0.15) is 0 Å². The number of hydrogen-bond donors (Lipinski definition) is 0. The molecule has 0 aliphatic carbocycles. The van der Waals surface area contributed by atoms with E-state index in [2.05, 4.69) is 60.6 Å². The fourth-order valence-corrected chi connectivity index (χ4v) is 4.47. The van der Waals surface area contributed by atoms with Crippen molar-refractivity contribution in [3.63, 3.8) is 0 Å². The Labute approximate surface area is 199 Å². The fraction of sp³-hybridized carbons (Fsp3) is 0.767. The Morgan fingerprint density at radius 2 is 1.16 bits per heavy atom. The van der Waals surface area contributed by atoms with E-state index in [0.717, 1.165) is 23.4 Å². The lowest BCUT2D eigenvalue weighted by Crippen LogP contribution is -2.16. The molecular weight excluding hydrogens is 390 g/mol. The van der Waals surface area contributed by atoms with Crippen molar-refractivity contribution in [1.82, 2.24) is 4.98 Å². The second-order valence-electron chi connectivity index (χ2n) is 12.0. The molecule has 2 heteroatoms. The molecule has 0 saturated heterocycles. The Morgan fingerprint density at radius 3 is 1.62 bits per heavy atom. The van der Waals surface area contributed by atoms with Crippen molar-refractivity contribution in [2.45, 2.75) is 149 Å². The Bertz CT molecular complexity index is 787. The first-order valence-corrected chi connectivity index (χ1v) is 13.6. The average molecular weight is 442 g/mol. The Morgan fingerprint density at radius 1 is 0.656 bits per heavy atom. The maximum Gasteiger partial charge on any atom is 0.195 e. The van der Waals surface area contributed by atoms with E-state index in [1.807, 2.05) is 0 Å². The minimum absolute atomic E-state index is 0.0474. The molecule has 32 heavy (non-hydrogen) atoms. The summed E-state index contributed by atoms with van der Waals surface area (Å²) in [6.07, 6.45) is 18.9. The number of rotatable bonds is 14. The van der Waals surface area contributed by atoms with Crippen LogP contribution < -0.4 is 0 Å². The molecule has 1 heterocycles. The minimum Gasteiger partial charge on any atom is -0.440 e. The van der Waals surface area contributed by atoms with Gasteiger partial charge in [0.2, 0.25) is 0 Å². The van der Waals surface area contributed by atoms with Gasteiger partial charge in [-0.05, 0) is 28.9 Å². The van der Waals surface area contributed by atoms with Crippen LogP contribution in [0.5, 0.6) is 0 Å². The molecular formula is C30H51NO. The summed E-state index contributed by atoms with van der Waals surface area (Å²) in [6, 6.07) is 4.57. The zero-order chi connectivity index (χ0) is 23.6. The van der Waals surface area contributed by atoms with Crippen LogP contribution in [-0.2, 0) is 17.3 Å². The maximum absolute atomic E-state index is 6.29. The quantitative estimate of drug-likeness (QED) is 0.272. The van der Waals surface area contributed by atoms with Gasteiger partial charge in [-0.1, -0.05) is 132 Å². The van der Waals surface area contributed by atoms with Crippen LogP contribution in [0.15, 0.2) is 16.5 Å². The number of aromatic nitrogens is 1. The van der Waals surface area contributed by atoms with Gasteiger partial charge in [0, 0.05) is 12.0 Å². The lowest BCUT2D eigenvalue weighted by molar-refractivity contribution is 0.490. The highest BCUT2D eigenvalue weighted by Gasteiger charge is 2.25. The van der Waals surface area contributed by atoms with Gasteiger partial charge in [-0.15, -0.1) is 0 Å². The van der Waals surface area contributed by atoms with Gasteiger partial charge in [0.25, 0.3) is 0 Å². The van der Waals surface area contributed by atoms with Gasteiger partial charge in [0.1, 0.15) is 5.52 Å². The number of benzene rings is 1. The molecule has 0 aliphatic heterocycles. The van der Waals surface area contributed by atoms with Gasteiger partial charge in [0.05, 0.1) is 0 Å². The number of aryl methyl sites for hydroxylation is 1. The van der Waals surface area contributed by atoms with Crippen molar-refractivity contribution in [3.8, 4) is 0 Å². The third-order valence-corrected chi connectivity index (χ3v) is 6.70. The van der Waals surface area contributed by atoms with Crippen LogP contribution in [-0.4, -0.2) is 4.98 Å². The number of nitrogens with zero attached hydrogens (tertiary/aromatic N) is 1. The molecule has 0 atom stereocenters. The first kappa shape index (κ1) is 26.9. The van der Waals surface area contributed by atoms with E-state index in [9.17, 15) is 0 Å². The molecule has 1 aromatic carbocycles. The van der Waals surface area contributed by atoms with Crippen molar-refractivity contribution in [1.29, 1.82) is 0 Å². The van der Waals surface area contributed by atoms with E-state index in [1.165, 1.54) is 94.6 Å². The summed E-state index contributed by atoms with van der Waals surface area (Å²) in [5.41, 5.74) is 4.82. The Balaban J connectivity index is 1.74. The summed E-state index contributed by atoms with van der Waals surface area (Å²) >= 11 is 0. The van der Waals surface area contributed by atoms with Crippen molar-refractivity contribution < 1.29 is 4.42 Å². The smallest absolute Gasteiger partial charge is 0.195 e. The highest BCUT2D eigenvalue weighted by atomic mass is 16.3. The predicted octanol–water partition coefficient (Wildman–Crippen LogP) is 10.1. The summed E-state index contributed by atoms with van der Waals surface area (Å²) in [7, 11) is 0. The van der Waals surface area contributed by atoms with Crippen LogP contribution in [0, 0.1) is 0 Å². The van der Waals surface area contributed by atoms with Crippen LogP contribution in [0.2, 0.25) is 0 Å². The van der Waals surface area contributed by atoms with Crippen LogP contribution in [0.3, 0.4) is 0 Å². The fourth-order valence-electron chi connectivity index (χ4n) is 4.47. The second kappa shape index (κ2) is 12.8. The van der Waals surface area contributed by atoms with E-state index in [0.29, 0.717) is 0 Å². The van der Waals surface area contributed by atoms with E-state index >= 15 is 0 Å². The molecule has 0 aliphatic rings. The maximum atomic E-state index is 6.29. The summed E-state index contributed by atoms with van der Waals surface area (Å²) < 4.78 is 6.29. The average Bonchev–Trinajstić information content (AvgIpc) is 3.12. The number of oxazole rings is 1. The van der Waals surface area contributed by atoms with E-state index in [4.69, 9.17) is 9.40 Å². The SMILES string of the molecule is CCCCCCCCCCCCCCCc1nc2cc(C(C)(C)C)cc(C(C)(C)C)c2o1. The van der Waals surface area contributed by atoms with Crippen molar-refractivity contribution in [2.75, 3.05) is 0 Å². The van der Waals surface area contributed by atoms with Crippen LogP contribution >= 0.6 is 0 Å². The van der Waals surface area contributed by atoms with Crippen LogP contribution in [0.25, 0.3) is 11.1 Å². The second-order valence-corrected chi connectivity index (χ2v) is 12.0. The molecule has 0 unspecified atom stereocenters. The molecule has 1 aromatic heterocycles. The Hall–Kier alpha value is -1.31. The highest BCUT2D eigenvalue weighted by Crippen LogP contribution is 2.35. The Kier molecular flexibility index (Phi) is 10.8. The third kappa shape index (κ3) is 8.91.